The van der Waals surface area contributed by atoms with Crippen molar-refractivity contribution in [3.63, 3.8) is 0 Å². The van der Waals surface area contributed by atoms with Gasteiger partial charge < -0.3 is 10.5 Å². The van der Waals surface area contributed by atoms with Crippen molar-refractivity contribution in [2.24, 2.45) is 23.0 Å². The van der Waals surface area contributed by atoms with E-state index in [0.717, 1.165) is 11.8 Å². The molecular weight excluding hydrogens is 174 g/mol. The Hall–Kier alpha value is -0.0800. The van der Waals surface area contributed by atoms with Crippen LogP contribution in [0.5, 0.6) is 0 Å². The van der Waals surface area contributed by atoms with Gasteiger partial charge in [0.15, 0.2) is 0 Å². The standard InChI is InChI=1S/C12H19NO/c13-11-7-1-2-8(5-7)12(11)6-9-3-4-10(12)14-9/h7-11H,1-6,13H2/t7-,8+,9+,10?,11-,12?/m1/s1. The van der Waals surface area contributed by atoms with Crippen LogP contribution in [0.1, 0.15) is 38.5 Å². The second-order valence-corrected chi connectivity index (χ2v) is 5.94. The summed E-state index contributed by atoms with van der Waals surface area (Å²) in [7, 11) is 0. The van der Waals surface area contributed by atoms with Gasteiger partial charge in [0.05, 0.1) is 12.2 Å². The summed E-state index contributed by atoms with van der Waals surface area (Å²) in [6.07, 6.45) is 9.24. The molecule has 2 unspecified atom stereocenters. The SMILES string of the molecule is N[C@@H]1[C@@H]2CC[C@@H](C2)C12C[C@@H]1CCC2O1. The summed E-state index contributed by atoms with van der Waals surface area (Å²) in [5.74, 6) is 1.75. The van der Waals surface area contributed by atoms with E-state index in [1.54, 1.807) is 0 Å². The lowest BCUT2D eigenvalue weighted by molar-refractivity contribution is 0.0185. The fraction of sp³-hybridized carbons (Fsp3) is 1.00. The molecule has 6 atom stereocenters. The molecule has 0 radical (unpaired) electrons. The lowest BCUT2D eigenvalue weighted by Gasteiger charge is -2.43. The molecule has 2 saturated carbocycles. The quantitative estimate of drug-likeness (QED) is 0.635. The number of fused-ring (bicyclic) bond motifs is 6. The molecule has 4 rings (SSSR count). The zero-order valence-corrected chi connectivity index (χ0v) is 8.61. The summed E-state index contributed by atoms with van der Waals surface area (Å²) in [5, 5.41) is 0. The molecule has 2 aliphatic carbocycles. The predicted octanol–water partition coefficient (Wildman–Crippen LogP) is 1.68. The van der Waals surface area contributed by atoms with E-state index in [2.05, 4.69) is 0 Å². The second-order valence-electron chi connectivity index (χ2n) is 5.94. The third kappa shape index (κ3) is 0.704. The van der Waals surface area contributed by atoms with Crippen molar-refractivity contribution in [2.45, 2.75) is 56.8 Å². The van der Waals surface area contributed by atoms with Gasteiger partial charge in [0, 0.05) is 11.5 Å². The normalized spacial score (nSPS) is 64.5. The van der Waals surface area contributed by atoms with Crippen LogP contribution in [-0.2, 0) is 4.74 Å². The minimum atomic E-state index is 0.436. The maximum atomic E-state index is 6.47. The molecular formula is C12H19NO. The van der Waals surface area contributed by atoms with Gasteiger partial charge >= 0.3 is 0 Å². The molecule has 14 heavy (non-hydrogen) atoms. The Labute approximate surface area is 85.2 Å². The first-order chi connectivity index (χ1) is 6.80. The molecule has 0 aromatic heterocycles. The summed E-state index contributed by atoms with van der Waals surface area (Å²) >= 11 is 0. The van der Waals surface area contributed by atoms with Crippen molar-refractivity contribution < 1.29 is 4.74 Å². The van der Waals surface area contributed by atoms with Crippen LogP contribution in [0.3, 0.4) is 0 Å². The maximum absolute atomic E-state index is 6.47. The number of hydrogen-bond donors (Lipinski definition) is 1. The van der Waals surface area contributed by atoms with Crippen LogP contribution in [0.2, 0.25) is 0 Å². The van der Waals surface area contributed by atoms with Crippen molar-refractivity contribution in [3.05, 3.63) is 0 Å². The van der Waals surface area contributed by atoms with Crippen LogP contribution in [0.25, 0.3) is 0 Å². The molecule has 2 heteroatoms. The number of hydrogen-bond acceptors (Lipinski definition) is 2. The lowest BCUT2D eigenvalue weighted by Crippen LogP contribution is -2.51. The topological polar surface area (TPSA) is 35.2 Å². The molecule has 1 spiro atoms. The predicted molar refractivity (Wildman–Crippen MR) is 53.8 cm³/mol. The van der Waals surface area contributed by atoms with Gasteiger partial charge in [-0.3, -0.25) is 0 Å². The van der Waals surface area contributed by atoms with E-state index in [-0.39, 0.29) is 0 Å². The molecule has 4 aliphatic rings. The number of nitrogens with two attached hydrogens (primary N) is 1. The summed E-state index contributed by atoms with van der Waals surface area (Å²) in [6.45, 7) is 0. The van der Waals surface area contributed by atoms with E-state index in [1.807, 2.05) is 0 Å². The third-order valence-corrected chi connectivity index (χ3v) is 5.65. The van der Waals surface area contributed by atoms with E-state index in [1.165, 1.54) is 38.5 Å². The molecule has 0 amide bonds. The van der Waals surface area contributed by atoms with Gasteiger partial charge in [-0.05, 0) is 50.4 Å². The van der Waals surface area contributed by atoms with Gasteiger partial charge in [0.25, 0.3) is 0 Å². The van der Waals surface area contributed by atoms with Crippen LogP contribution < -0.4 is 5.73 Å². The molecule has 4 bridgehead atoms. The fourth-order valence-corrected chi connectivity index (χ4v) is 5.10. The molecule has 0 aromatic rings. The van der Waals surface area contributed by atoms with E-state index < -0.39 is 0 Å². The Morgan fingerprint density at radius 1 is 1.14 bits per heavy atom. The second kappa shape index (κ2) is 2.35. The summed E-state index contributed by atoms with van der Waals surface area (Å²) in [4.78, 5) is 0. The van der Waals surface area contributed by atoms with Gasteiger partial charge in [-0.1, -0.05) is 0 Å². The molecule has 4 fully saturated rings. The zero-order chi connectivity index (χ0) is 9.34. The Morgan fingerprint density at radius 3 is 2.64 bits per heavy atom. The number of rotatable bonds is 0. The molecule has 2 aliphatic heterocycles. The van der Waals surface area contributed by atoms with Crippen molar-refractivity contribution in [3.8, 4) is 0 Å². The molecule has 2 nitrogen and oxygen atoms in total. The minimum Gasteiger partial charge on any atom is -0.374 e. The van der Waals surface area contributed by atoms with E-state index in [4.69, 9.17) is 10.5 Å². The molecule has 0 aromatic carbocycles. The third-order valence-electron chi connectivity index (χ3n) is 5.65. The van der Waals surface area contributed by atoms with Crippen LogP contribution in [0, 0.1) is 17.3 Å². The summed E-state index contributed by atoms with van der Waals surface area (Å²) in [5.41, 5.74) is 6.90. The lowest BCUT2D eigenvalue weighted by atomic mass is 9.62. The summed E-state index contributed by atoms with van der Waals surface area (Å²) in [6, 6.07) is 0.469. The first kappa shape index (κ1) is 8.12. The maximum Gasteiger partial charge on any atom is 0.0654 e. The van der Waals surface area contributed by atoms with Gasteiger partial charge in [-0.2, -0.15) is 0 Å². The average molecular weight is 193 g/mol. The highest BCUT2D eigenvalue weighted by Crippen LogP contribution is 2.65. The largest absolute Gasteiger partial charge is 0.374 e. The number of ether oxygens (including phenoxy) is 1. The van der Waals surface area contributed by atoms with Crippen LogP contribution in [-0.4, -0.2) is 18.2 Å². The Kier molecular flexibility index (Phi) is 1.37. The molecule has 78 valence electrons. The van der Waals surface area contributed by atoms with Crippen LogP contribution >= 0.6 is 0 Å². The highest BCUT2D eigenvalue weighted by molar-refractivity contribution is 5.16. The minimum absolute atomic E-state index is 0.436. The van der Waals surface area contributed by atoms with Gasteiger partial charge in [-0.25, -0.2) is 0 Å². The van der Waals surface area contributed by atoms with Crippen molar-refractivity contribution in [1.29, 1.82) is 0 Å². The van der Waals surface area contributed by atoms with E-state index in [9.17, 15) is 0 Å². The van der Waals surface area contributed by atoms with Crippen molar-refractivity contribution in [2.75, 3.05) is 0 Å². The first-order valence-electron chi connectivity index (χ1n) is 6.22. The first-order valence-corrected chi connectivity index (χ1v) is 6.22. The smallest absolute Gasteiger partial charge is 0.0654 e. The van der Waals surface area contributed by atoms with E-state index >= 15 is 0 Å². The highest BCUT2D eigenvalue weighted by atomic mass is 16.5. The van der Waals surface area contributed by atoms with Gasteiger partial charge in [-0.15, -0.1) is 0 Å². The molecule has 2 N–H and O–H groups in total. The fourth-order valence-electron chi connectivity index (χ4n) is 5.10. The Morgan fingerprint density at radius 2 is 2.07 bits per heavy atom. The molecule has 2 saturated heterocycles. The zero-order valence-electron chi connectivity index (χ0n) is 8.61. The van der Waals surface area contributed by atoms with Crippen LogP contribution in [0.4, 0.5) is 0 Å². The van der Waals surface area contributed by atoms with Crippen LogP contribution in [0.15, 0.2) is 0 Å². The van der Waals surface area contributed by atoms with Gasteiger partial charge in [0.1, 0.15) is 0 Å². The monoisotopic (exact) mass is 193 g/mol. The Bertz CT molecular complexity index is 268. The molecule has 2 heterocycles. The highest BCUT2D eigenvalue weighted by Gasteiger charge is 2.65. The van der Waals surface area contributed by atoms with Gasteiger partial charge in [0.2, 0.25) is 0 Å². The van der Waals surface area contributed by atoms with Crippen molar-refractivity contribution >= 4 is 0 Å². The summed E-state index contributed by atoms with van der Waals surface area (Å²) < 4.78 is 6.05. The Balaban J connectivity index is 1.76. The van der Waals surface area contributed by atoms with Crippen molar-refractivity contribution in [1.82, 2.24) is 0 Å². The van der Waals surface area contributed by atoms with E-state index in [0.29, 0.717) is 23.7 Å². The average Bonchev–Trinajstić information content (AvgIpc) is 2.91.